The van der Waals surface area contributed by atoms with Crippen molar-refractivity contribution in [2.45, 2.75) is 45.4 Å². The van der Waals surface area contributed by atoms with Gasteiger partial charge in [0.15, 0.2) is 6.29 Å². The number of fused-ring (bicyclic) bond motifs is 3. The molecule has 0 aliphatic heterocycles. The Balaban J connectivity index is 1.48. The molecule has 8 heteroatoms. The maximum atomic E-state index is 13.7. The second-order valence-corrected chi connectivity index (χ2v) is 10.0. The number of alkyl carbamates (subject to hydrolysis) is 1. The number of hydrogen-bond donors (Lipinski definition) is 1. The van der Waals surface area contributed by atoms with E-state index < -0.39 is 18.4 Å². The fraction of sp³-hybridized carbons (Fsp3) is 0.375. The number of amides is 2. The Morgan fingerprint density at radius 2 is 1.45 bits per heavy atom. The highest BCUT2D eigenvalue weighted by Crippen LogP contribution is 2.44. The Labute approximate surface area is 241 Å². The summed E-state index contributed by atoms with van der Waals surface area (Å²) in [5.41, 5.74) is 5.42. The molecule has 0 aromatic heterocycles. The number of ether oxygens (including phenoxy) is 3. The van der Waals surface area contributed by atoms with Gasteiger partial charge in [0.2, 0.25) is 5.91 Å². The van der Waals surface area contributed by atoms with Gasteiger partial charge in [-0.3, -0.25) is 4.79 Å². The zero-order valence-corrected chi connectivity index (χ0v) is 24.0. The Hall–Kier alpha value is -3.39. The van der Waals surface area contributed by atoms with E-state index in [-0.39, 0.29) is 31.4 Å². The highest BCUT2D eigenvalue weighted by atomic mass is 35.5. The summed E-state index contributed by atoms with van der Waals surface area (Å²) in [6, 6.07) is 22.7. The molecule has 0 spiro atoms. The van der Waals surface area contributed by atoms with Crippen LogP contribution in [0.3, 0.4) is 0 Å². The molecule has 4 rings (SSSR count). The van der Waals surface area contributed by atoms with Gasteiger partial charge in [0.05, 0.1) is 6.54 Å². The molecule has 0 heterocycles. The average Bonchev–Trinajstić information content (AvgIpc) is 3.29. The zero-order valence-electron chi connectivity index (χ0n) is 23.3. The largest absolute Gasteiger partial charge is 0.449 e. The van der Waals surface area contributed by atoms with Crippen LogP contribution in [0.15, 0.2) is 72.8 Å². The maximum absolute atomic E-state index is 13.7. The normalized spacial score (nSPS) is 13.0. The van der Waals surface area contributed by atoms with Gasteiger partial charge in [-0.2, -0.15) is 0 Å². The van der Waals surface area contributed by atoms with E-state index in [2.05, 4.69) is 29.6 Å². The first-order valence-electron chi connectivity index (χ1n) is 13.8. The van der Waals surface area contributed by atoms with Crippen molar-refractivity contribution in [2.75, 3.05) is 32.9 Å². The molecule has 3 aromatic carbocycles. The van der Waals surface area contributed by atoms with E-state index in [1.54, 1.807) is 17.0 Å². The van der Waals surface area contributed by atoms with Crippen LogP contribution >= 0.6 is 11.6 Å². The minimum Gasteiger partial charge on any atom is -0.449 e. The molecule has 7 nitrogen and oxygen atoms in total. The van der Waals surface area contributed by atoms with E-state index in [0.717, 1.165) is 27.8 Å². The highest BCUT2D eigenvalue weighted by molar-refractivity contribution is 6.30. The zero-order chi connectivity index (χ0) is 28.5. The standard InChI is InChI=1S/C32H37ClN2O5/c1-4-35(20-30(38-5-2)39-6-3)31(36)29(19-22-15-17-23(33)18-16-22)34-32(37)40-21-28-26-13-9-7-11-24(26)25-12-8-10-14-27(25)28/h7-18,28-30H,4-6,19-21H2,1-3H3,(H,34,37). The number of benzene rings is 3. The molecule has 0 saturated carbocycles. The van der Waals surface area contributed by atoms with Crippen molar-refractivity contribution >= 4 is 23.6 Å². The molecule has 0 radical (unpaired) electrons. The van der Waals surface area contributed by atoms with Gasteiger partial charge in [-0.05, 0) is 60.7 Å². The predicted molar refractivity (Wildman–Crippen MR) is 156 cm³/mol. The lowest BCUT2D eigenvalue weighted by Gasteiger charge is -2.30. The summed E-state index contributed by atoms with van der Waals surface area (Å²) in [6.07, 6.45) is -0.911. The predicted octanol–water partition coefficient (Wildman–Crippen LogP) is 6.04. The van der Waals surface area contributed by atoms with E-state index in [1.165, 1.54) is 0 Å². The van der Waals surface area contributed by atoms with E-state index >= 15 is 0 Å². The molecule has 1 unspecified atom stereocenters. The van der Waals surface area contributed by atoms with E-state index in [9.17, 15) is 9.59 Å². The molecule has 0 fully saturated rings. The third-order valence-corrected chi connectivity index (χ3v) is 7.31. The summed E-state index contributed by atoms with van der Waals surface area (Å²) < 4.78 is 17.1. The number of nitrogens with one attached hydrogen (secondary N) is 1. The van der Waals surface area contributed by atoms with Gasteiger partial charge in [-0.25, -0.2) is 4.79 Å². The number of halogens is 1. The Kier molecular flexibility index (Phi) is 10.6. The molecular formula is C32H37ClN2O5. The molecule has 0 bridgehead atoms. The first-order valence-corrected chi connectivity index (χ1v) is 14.2. The van der Waals surface area contributed by atoms with Gasteiger partial charge in [0, 0.05) is 37.1 Å². The molecule has 1 N–H and O–H groups in total. The van der Waals surface area contributed by atoms with Crippen LogP contribution in [0, 0.1) is 0 Å². The third-order valence-electron chi connectivity index (χ3n) is 7.05. The minimum absolute atomic E-state index is 0.0751. The highest BCUT2D eigenvalue weighted by Gasteiger charge is 2.31. The molecule has 1 atom stereocenters. The number of likely N-dealkylation sites (N-methyl/N-ethyl adjacent to an activating group) is 1. The smallest absolute Gasteiger partial charge is 0.407 e. The second kappa shape index (κ2) is 14.3. The average molecular weight is 565 g/mol. The van der Waals surface area contributed by atoms with Crippen molar-refractivity contribution < 1.29 is 23.8 Å². The summed E-state index contributed by atoms with van der Waals surface area (Å²) in [6.45, 7) is 7.42. The molecule has 3 aromatic rings. The second-order valence-electron chi connectivity index (χ2n) is 9.57. The fourth-order valence-corrected chi connectivity index (χ4v) is 5.27. The lowest BCUT2D eigenvalue weighted by atomic mass is 9.98. The van der Waals surface area contributed by atoms with Crippen molar-refractivity contribution in [3.8, 4) is 11.1 Å². The van der Waals surface area contributed by atoms with Crippen molar-refractivity contribution in [2.24, 2.45) is 0 Å². The van der Waals surface area contributed by atoms with Gasteiger partial charge in [-0.1, -0.05) is 72.3 Å². The summed E-state index contributed by atoms with van der Waals surface area (Å²) in [7, 11) is 0. The van der Waals surface area contributed by atoms with Crippen LogP contribution in [0.25, 0.3) is 11.1 Å². The van der Waals surface area contributed by atoms with E-state index in [0.29, 0.717) is 24.8 Å². The first-order chi connectivity index (χ1) is 19.4. The maximum Gasteiger partial charge on any atom is 0.407 e. The van der Waals surface area contributed by atoms with Crippen LogP contribution in [-0.4, -0.2) is 62.1 Å². The molecule has 0 saturated heterocycles. The van der Waals surface area contributed by atoms with Crippen LogP contribution in [0.5, 0.6) is 0 Å². The monoisotopic (exact) mass is 564 g/mol. The van der Waals surface area contributed by atoms with Crippen LogP contribution in [0.2, 0.25) is 5.02 Å². The Bertz CT molecular complexity index is 1230. The van der Waals surface area contributed by atoms with Crippen LogP contribution in [0.4, 0.5) is 4.79 Å². The van der Waals surface area contributed by atoms with Crippen LogP contribution in [0.1, 0.15) is 43.4 Å². The molecule has 1 aliphatic rings. The van der Waals surface area contributed by atoms with Gasteiger partial charge in [-0.15, -0.1) is 0 Å². The van der Waals surface area contributed by atoms with Crippen molar-refractivity contribution in [1.82, 2.24) is 10.2 Å². The van der Waals surface area contributed by atoms with Crippen molar-refractivity contribution in [3.05, 3.63) is 94.5 Å². The molecular weight excluding hydrogens is 528 g/mol. The summed E-state index contributed by atoms with van der Waals surface area (Å²) in [5, 5.41) is 3.44. The molecule has 40 heavy (non-hydrogen) atoms. The van der Waals surface area contributed by atoms with Gasteiger partial charge >= 0.3 is 6.09 Å². The molecule has 1 aliphatic carbocycles. The number of hydrogen-bond acceptors (Lipinski definition) is 5. The molecule has 2 amide bonds. The summed E-state index contributed by atoms with van der Waals surface area (Å²) in [5.74, 6) is -0.316. The number of carbonyl (C=O) groups is 2. The summed E-state index contributed by atoms with van der Waals surface area (Å²) >= 11 is 6.07. The lowest BCUT2D eigenvalue weighted by molar-refractivity contribution is -0.159. The van der Waals surface area contributed by atoms with E-state index in [1.807, 2.05) is 57.2 Å². The minimum atomic E-state index is -0.847. The lowest BCUT2D eigenvalue weighted by Crippen LogP contribution is -2.52. The molecule has 212 valence electrons. The number of carbonyl (C=O) groups excluding carboxylic acids is 2. The quantitative estimate of drug-likeness (QED) is 0.256. The third kappa shape index (κ3) is 7.22. The van der Waals surface area contributed by atoms with Crippen molar-refractivity contribution in [3.63, 3.8) is 0 Å². The van der Waals surface area contributed by atoms with E-state index in [4.69, 9.17) is 25.8 Å². The van der Waals surface area contributed by atoms with Crippen LogP contribution in [-0.2, 0) is 25.4 Å². The topological polar surface area (TPSA) is 77.1 Å². The SMILES string of the molecule is CCOC(CN(CC)C(=O)C(Cc1ccc(Cl)cc1)NC(=O)OCC1c2ccccc2-c2ccccc21)OCC. The van der Waals surface area contributed by atoms with Gasteiger partial charge in [0.1, 0.15) is 12.6 Å². The summed E-state index contributed by atoms with van der Waals surface area (Å²) in [4.78, 5) is 28.5. The fourth-order valence-electron chi connectivity index (χ4n) is 5.14. The van der Waals surface area contributed by atoms with Crippen molar-refractivity contribution in [1.29, 1.82) is 0 Å². The first kappa shape index (κ1) is 29.6. The van der Waals surface area contributed by atoms with Gasteiger partial charge in [0.25, 0.3) is 0 Å². The Morgan fingerprint density at radius 3 is 2.00 bits per heavy atom. The van der Waals surface area contributed by atoms with Gasteiger partial charge < -0.3 is 24.4 Å². The number of rotatable bonds is 13. The van der Waals surface area contributed by atoms with Crippen LogP contribution < -0.4 is 5.32 Å². The Morgan fingerprint density at radius 1 is 0.875 bits per heavy atom. The number of nitrogens with zero attached hydrogens (tertiary/aromatic N) is 1.